The van der Waals surface area contributed by atoms with Crippen LogP contribution in [-0.4, -0.2) is 50.0 Å². The summed E-state index contributed by atoms with van der Waals surface area (Å²) in [6.07, 6.45) is 1.24. The first kappa shape index (κ1) is 30.1. The summed E-state index contributed by atoms with van der Waals surface area (Å²) in [7, 11) is 1.22. The van der Waals surface area contributed by atoms with E-state index in [4.69, 9.17) is 32.7 Å². The van der Waals surface area contributed by atoms with Gasteiger partial charge in [-0.15, -0.1) is 0 Å². The lowest BCUT2D eigenvalue weighted by Crippen LogP contribution is -2.54. The maximum atomic E-state index is 13.3. The highest BCUT2D eigenvalue weighted by molar-refractivity contribution is 6.39. The number of nitrogens with zero attached hydrogens (tertiary/aromatic N) is 1. The molecular formula is C29H23Cl2N3O8. The van der Waals surface area contributed by atoms with Gasteiger partial charge in [0.25, 0.3) is 17.7 Å². The summed E-state index contributed by atoms with van der Waals surface area (Å²) in [4.78, 5) is 63.3. The second-order valence-corrected chi connectivity index (χ2v) is 9.45. The molecule has 1 saturated heterocycles. The van der Waals surface area contributed by atoms with E-state index in [0.29, 0.717) is 10.7 Å². The van der Waals surface area contributed by atoms with E-state index in [1.807, 2.05) is 0 Å². The number of hydrogen-bond acceptors (Lipinski definition) is 8. The molecule has 0 unspecified atom stereocenters. The number of ether oxygens (including phenoxy) is 3. The predicted octanol–water partition coefficient (Wildman–Crippen LogP) is 4.86. The number of nitrogens with one attached hydrogen (secondary N) is 2. The van der Waals surface area contributed by atoms with E-state index >= 15 is 0 Å². The Balaban J connectivity index is 1.57. The second-order valence-electron chi connectivity index (χ2n) is 8.60. The van der Waals surface area contributed by atoms with Gasteiger partial charge >= 0.3 is 12.0 Å². The molecule has 216 valence electrons. The maximum absolute atomic E-state index is 13.3. The van der Waals surface area contributed by atoms with Crippen LogP contribution in [-0.2, 0) is 19.1 Å². The quantitative estimate of drug-likeness (QED) is 0.198. The van der Waals surface area contributed by atoms with Gasteiger partial charge in [0, 0.05) is 10.7 Å². The van der Waals surface area contributed by atoms with Crippen molar-refractivity contribution in [1.82, 2.24) is 5.32 Å². The van der Waals surface area contributed by atoms with Crippen LogP contribution in [0.25, 0.3) is 6.08 Å². The first-order valence-electron chi connectivity index (χ1n) is 12.4. The Bertz CT molecular complexity index is 1590. The van der Waals surface area contributed by atoms with Gasteiger partial charge in [0.05, 0.1) is 30.0 Å². The Morgan fingerprint density at radius 3 is 2.31 bits per heavy atom. The Kier molecular flexibility index (Phi) is 9.46. The molecule has 0 aliphatic carbocycles. The molecule has 1 fully saturated rings. The number of methoxy groups -OCH3 is 1. The molecule has 0 radical (unpaired) electrons. The first-order chi connectivity index (χ1) is 20.1. The summed E-state index contributed by atoms with van der Waals surface area (Å²) in [5.41, 5.74) is 0.780. The van der Waals surface area contributed by atoms with Crippen molar-refractivity contribution < 1.29 is 38.2 Å². The topological polar surface area (TPSA) is 140 Å². The predicted molar refractivity (Wildman–Crippen MR) is 155 cm³/mol. The van der Waals surface area contributed by atoms with Crippen LogP contribution in [0, 0.1) is 0 Å². The molecule has 42 heavy (non-hydrogen) atoms. The fourth-order valence-electron chi connectivity index (χ4n) is 3.87. The molecule has 4 rings (SSSR count). The van der Waals surface area contributed by atoms with Crippen LogP contribution in [0.5, 0.6) is 11.5 Å². The third-order valence-corrected chi connectivity index (χ3v) is 6.30. The molecule has 0 spiro atoms. The highest BCUT2D eigenvalue weighted by Gasteiger charge is 2.37. The highest BCUT2D eigenvalue weighted by Crippen LogP contribution is 2.37. The fraction of sp³-hybridized carbons (Fsp3) is 0.138. The Morgan fingerprint density at radius 2 is 1.67 bits per heavy atom. The van der Waals surface area contributed by atoms with Gasteiger partial charge in [-0.2, -0.15) is 0 Å². The minimum Gasteiger partial charge on any atom is -0.490 e. The number of urea groups is 1. The summed E-state index contributed by atoms with van der Waals surface area (Å²) in [6.45, 7) is 1.55. The zero-order valence-electron chi connectivity index (χ0n) is 22.2. The van der Waals surface area contributed by atoms with E-state index in [0.717, 1.165) is 4.90 Å². The van der Waals surface area contributed by atoms with Crippen LogP contribution in [0.2, 0.25) is 10.0 Å². The average molecular weight is 612 g/mol. The van der Waals surface area contributed by atoms with E-state index < -0.39 is 36.3 Å². The van der Waals surface area contributed by atoms with Crippen molar-refractivity contribution in [2.45, 2.75) is 6.92 Å². The molecule has 11 nitrogen and oxygen atoms in total. The minimum atomic E-state index is -0.957. The fourth-order valence-corrected chi connectivity index (χ4v) is 4.27. The van der Waals surface area contributed by atoms with Crippen molar-refractivity contribution in [2.24, 2.45) is 0 Å². The van der Waals surface area contributed by atoms with Crippen LogP contribution in [0.3, 0.4) is 0 Å². The van der Waals surface area contributed by atoms with E-state index in [-0.39, 0.29) is 45.5 Å². The number of hydrogen-bond donors (Lipinski definition) is 2. The minimum absolute atomic E-state index is 0.0436. The molecule has 0 aromatic heterocycles. The average Bonchev–Trinajstić information content (AvgIpc) is 2.96. The summed E-state index contributed by atoms with van der Waals surface area (Å²) < 4.78 is 15.9. The van der Waals surface area contributed by atoms with Gasteiger partial charge in [-0.25, -0.2) is 14.5 Å². The molecule has 5 amide bonds. The summed E-state index contributed by atoms with van der Waals surface area (Å²) >= 11 is 12.3. The zero-order valence-corrected chi connectivity index (χ0v) is 23.7. The van der Waals surface area contributed by atoms with Crippen LogP contribution >= 0.6 is 23.2 Å². The summed E-state index contributed by atoms with van der Waals surface area (Å²) in [5, 5.41) is 5.36. The van der Waals surface area contributed by atoms with Gasteiger partial charge < -0.3 is 19.5 Å². The van der Waals surface area contributed by atoms with E-state index in [1.165, 1.54) is 49.6 Å². The molecule has 2 N–H and O–H groups in total. The number of carbonyl (C=O) groups is 5. The lowest BCUT2D eigenvalue weighted by molar-refractivity contribution is -0.122. The van der Waals surface area contributed by atoms with Crippen LogP contribution < -0.4 is 25.0 Å². The SMILES string of the molecule is CCOc1cc(/C=C2\C(=O)NC(=O)N(c3ccc(C(=O)OC)cc3)C2=O)cc(Cl)c1OCC(=O)Nc1ccc(Cl)cc1. The van der Waals surface area contributed by atoms with Gasteiger partial charge in [0.1, 0.15) is 5.57 Å². The molecule has 3 aromatic rings. The summed E-state index contributed by atoms with van der Waals surface area (Å²) in [6, 6.07) is 14.0. The van der Waals surface area contributed by atoms with Gasteiger partial charge in [-0.3, -0.25) is 19.7 Å². The molecule has 1 aliphatic heterocycles. The van der Waals surface area contributed by atoms with Gasteiger partial charge in [0.2, 0.25) is 0 Å². The van der Waals surface area contributed by atoms with Crippen LogP contribution in [0.15, 0.2) is 66.2 Å². The molecule has 0 atom stereocenters. The standard InChI is InChI=1S/C29H23Cl2N3O8/c1-3-41-23-14-16(13-22(31)25(23)42-15-24(35)32-19-8-6-18(30)7-9-19)12-21-26(36)33-29(39)34(27(21)37)20-10-4-17(5-11-20)28(38)40-2/h4-14H,3,15H2,1-2H3,(H,32,35)(H,33,36,39)/b21-12+. The molecule has 1 aliphatic rings. The van der Waals surface area contributed by atoms with E-state index in [9.17, 15) is 24.0 Å². The zero-order chi connectivity index (χ0) is 30.4. The lowest BCUT2D eigenvalue weighted by Gasteiger charge is -2.26. The maximum Gasteiger partial charge on any atom is 0.337 e. The number of barbiturate groups is 1. The second kappa shape index (κ2) is 13.2. The number of rotatable bonds is 9. The van der Waals surface area contributed by atoms with Gasteiger partial charge in [0.15, 0.2) is 18.1 Å². The van der Waals surface area contributed by atoms with Crippen molar-refractivity contribution in [3.8, 4) is 11.5 Å². The molecule has 0 saturated carbocycles. The van der Waals surface area contributed by atoms with Crippen molar-refractivity contribution >= 4 is 70.4 Å². The van der Waals surface area contributed by atoms with Crippen molar-refractivity contribution in [2.75, 3.05) is 30.5 Å². The van der Waals surface area contributed by atoms with Crippen LogP contribution in [0.1, 0.15) is 22.8 Å². The molecule has 13 heteroatoms. The van der Waals surface area contributed by atoms with Crippen molar-refractivity contribution in [1.29, 1.82) is 0 Å². The van der Waals surface area contributed by atoms with Crippen molar-refractivity contribution in [3.05, 3.63) is 87.4 Å². The van der Waals surface area contributed by atoms with E-state index in [1.54, 1.807) is 31.2 Å². The highest BCUT2D eigenvalue weighted by atomic mass is 35.5. The molecule has 0 bridgehead atoms. The number of benzene rings is 3. The number of anilines is 2. The molecule has 1 heterocycles. The molecule has 3 aromatic carbocycles. The molecular weight excluding hydrogens is 589 g/mol. The summed E-state index contributed by atoms with van der Waals surface area (Å²) in [5.74, 6) is -2.64. The smallest absolute Gasteiger partial charge is 0.337 e. The number of carbonyl (C=O) groups excluding carboxylic acids is 5. The normalized spacial score (nSPS) is 14.0. The third-order valence-electron chi connectivity index (χ3n) is 5.77. The first-order valence-corrected chi connectivity index (χ1v) is 13.1. The number of amides is 5. The number of imide groups is 2. The third kappa shape index (κ3) is 6.88. The monoisotopic (exact) mass is 611 g/mol. The van der Waals surface area contributed by atoms with Gasteiger partial charge in [-0.05, 0) is 79.2 Å². The largest absolute Gasteiger partial charge is 0.490 e. The van der Waals surface area contributed by atoms with E-state index in [2.05, 4.69) is 15.4 Å². The van der Waals surface area contributed by atoms with Crippen LogP contribution in [0.4, 0.5) is 16.2 Å². The Hall–Kier alpha value is -4.87. The Morgan fingerprint density at radius 1 is 0.976 bits per heavy atom. The Labute approximate surface area is 249 Å². The number of esters is 1. The number of halogens is 2. The van der Waals surface area contributed by atoms with Crippen molar-refractivity contribution in [3.63, 3.8) is 0 Å². The van der Waals surface area contributed by atoms with Gasteiger partial charge in [-0.1, -0.05) is 23.2 Å². The lowest BCUT2D eigenvalue weighted by atomic mass is 10.1.